The lowest BCUT2D eigenvalue weighted by atomic mass is 9.96. The second-order valence-electron chi connectivity index (χ2n) is 10.1. The van der Waals surface area contributed by atoms with Crippen molar-refractivity contribution in [2.75, 3.05) is 4.90 Å². The molecule has 0 unspecified atom stereocenters. The number of para-hydroxylation sites is 1. The summed E-state index contributed by atoms with van der Waals surface area (Å²) in [6.45, 7) is 4.35. The van der Waals surface area contributed by atoms with Crippen LogP contribution in [0.5, 0.6) is 5.75 Å². The van der Waals surface area contributed by atoms with Crippen LogP contribution >= 0.6 is 28.1 Å². The molecule has 7 heteroatoms. The molecule has 2 aromatic carbocycles. The molecule has 2 aromatic heterocycles. The maximum atomic E-state index is 6.24. The van der Waals surface area contributed by atoms with Crippen LogP contribution in [-0.4, -0.2) is 20.8 Å². The maximum Gasteiger partial charge on any atom is 0.174 e. The minimum absolute atomic E-state index is 0.0681. The SMILES string of the molecule is Cc1cc([C@@H]2[C@@H](c3ccccn3)NC(=S)N2c2ccc(OC3CCCC3)cc2)c(C)n1-c1ccccc1Br. The molecule has 0 radical (unpaired) electrons. The van der Waals surface area contributed by atoms with E-state index in [1.165, 1.54) is 29.8 Å². The molecule has 4 aromatic rings. The Labute approximate surface area is 238 Å². The Morgan fingerprint density at radius 3 is 2.42 bits per heavy atom. The van der Waals surface area contributed by atoms with Crippen molar-refractivity contribution in [2.45, 2.75) is 57.7 Å². The van der Waals surface area contributed by atoms with Gasteiger partial charge in [0, 0.05) is 27.7 Å². The van der Waals surface area contributed by atoms with Gasteiger partial charge in [0.05, 0.1) is 29.6 Å². The monoisotopic (exact) mass is 586 g/mol. The number of thiocarbonyl (C=S) groups is 1. The standard InChI is InChI=1S/C31H31BrN4OS/c1-20-19-25(21(2)35(20)28-13-6-5-11-26(28)32)30-29(27-12-7-8-18-33-27)34-31(38)36(30)22-14-16-24(17-15-22)37-23-9-3-4-10-23/h5-8,11-19,23,29-30H,3-4,9-10H2,1-2H3,(H,34,38)/t29-,30-/m1/s1. The maximum absolute atomic E-state index is 6.24. The summed E-state index contributed by atoms with van der Waals surface area (Å²) in [5.74, 6) is 0.920. The molecule has 1 saturated heterocycles. The normalized spacial score (nSPS) is 19.7. The zero-order valence-corrected chi connectivity index (χ0v) is 24.0. The zero-order valence-electron chi connectivity index (χ0n) is 21.6. The third-order valence-electron chi connectivity index (χ3n) is 7.70. The summed E-state index contributed by atoms with van der Waals surface area (Å²) in [5, 5.41) is 4.29. The quantitative estimate of drug-likeness (QED) is 0.234. The van der Waals surface area contributed by atoms with Crippen molar-refractivity contribution in [3.05, 3.63) is 106 Å². The van der Waals surface area contributed by atoms with Gasteiger partial charge in [0.2, 0.25) is 0 Å². The first kappa shape index (κ1) is 25.1. The van der Waals surface area contributed by atoms with E-state index in [1.807, 2.05) is 24.4 Å². The number of aryl methyl sites for hydroxylation is 1. The molecule has 194 valence electrons. The predicted molar refractivity (Wildman–Crippen MR) is 160 cm³/mol. The van der Waals surface area contributed by atoms with Crippen LogP contribution in [0.3, 0.4) is 0 Å². The Kier molecular flexibility index (Phi) is 6.97. The van der Waals surface area contributed by atoms with E-state index in [4.69, 9.17) is 21.9 Å². The van der Waals surface area contributed by atoms with Crippen LogP contribution in [0.15, 0.2) is 83.5 Å². The highest BCUT2D eigenvalue weighted by molar-refractivity contribution is 9.10. The van der Waals surface area contributed by atoms with E-state index in [2.05, 4.69) is 99.2 Å². The Morgan fingerprint density at radius 1 is 0.974 bits per heavy atom. The molecular formula is C31H31BrN4OS. The van der Waals surface area contributed by atoms with Gasteiger partial charge in [-0.2, -0.15) is 0 Å². The Hall–Kier alpha value is -3.16. The number of nitrogens with zero attached hydrogens (tertiary/aromatic N) is 3. The first-order valence-electron chi connectivity index (χ1n) is 13.2. The first-order chi connectivity index (χ1) is 18.5. The first-order valence-corrected chi connectivity index (χ1v) is 14.4. The summed E-state index contributed by atoms with van der Waals surface area (Å²) >= 11 is 9.72. The fourth-order valence-electron chi connectivity index (χ4n) is 5.92. The second-order valence-corrected chi connectivity index (χ2v) is 11.4. The van der Waals surface area contributed by atoms with Gasteiger partial charge in [0.1, 0.15) is 5.75 Å². The van der Waals surface area contributed by atoms with Crippen LogP contribution in [-0.2, 0) is 0 Å². The van der Waals surface area contributed by atoms with Crippen molar-refractivity contribution in [3.63, 3.8) is 0 Å². The van der Waals surface area contributed by atoms with Crippen molar-refractivity contribution < 1.29 is 4.74 Å². The van der Waals surface area contributed by atoms with E-state index >= 15 is 0 Å². The number of halogens is 1. The lowest BCUT2D eigenvalue weighted by Gasteiger charge is -2.28. The average molecular weight is 588 g/mol. The highest BCUT2D eigenvalue weighted by atomic mass is 79.9. The van der Waals surface area contributed by atoms with Crippen LogP contribution in [0.4, 0.5) is 5.69 Å². The van der Waals surface area contributed by atoms with E-state index in [-0.39, 0.29) is 12.1 Å². The van der Waals surface area contributed by atoms with Crippen LogP contribution in [0, 0.1) is 13.8 Å². The molecule has 5 nitrogen and oxygen atoms in total. The van der Waals surface area contributed by atoms with E-state index in [0.29, 0.717) is 11.2 Å². The predicted octanol–water partition coefficient (Wildman–Crippen LogP) is 7.75. The van der Waals surface area contributed by atoms with E-state index < -0.39 is 0 Å². The summed E-state index contributed by atoms with van der Waals surface area (Å²) in [6, 6.07) is 24.9. The summed E-state index contributed by atoms with van der Waals surface area (Å²) in [5.41, 5.74) is 6.69. The number of ether oxygens (including phenoxy) is 1. The Balaban J connectivity index is 1.42. The molecular weight excluding hydrogens is 556 g/mol. The number of hydrogen-bond donors (Lipinski definition) is 1. The van der Waals surface area contributed by atoms with E-state index in [0.717, 1.165) is 40.1 Å². The summed E-state index contributed by atoms with van der Waals surface area (Å²) in [7, 11) is 0. The average Bonchev–Trinajstić information content (AvgIpc) is 3.63. The number of benzene rings is 2. The molecule has 38 heavy (non-hydrogen) atoms. The lowest BCUT2D eigenvalue weighted by Crippen LogP contribution is -2.29. The minimum atomic E-state index is -0.0914. The van der Waals surface area contributed by atoms with Crippen LogP contribution in [0.25, 0.3) is 5.69 Å². The van der Waals surface area contributed by atoms with Gasteiger partial charge in [-0.15, -0.1) is 0 Å². The van der Waals surface area contributed by atoms with E-state index in [9.17, 15) is 0 Å². The van der Waals surface area contributed by atoms with Crippen molar-refractivity contribution in [1.29, 1.82) is 0 Å². The topological polar surface area (TPSA) is 42.3 Å². The molecule has 1 aliphatic heterocycles. The Bertz CT molecular complexity index is 1450. The number of hydrogen-bond acceptors (Lipinski definition) is 3. The van der Waals surface area contributed by atoms with Crippen LogP contribution < -0.4 is 15.0 Å². The van der Waals surface area contributed by atoms with Gasteiger partial charge >= 0.3 is 0 Å². The highest BCUT2D eigenvalue weighted by Gasteiger charge is 2.42. The molecule has 2 atom stereocenters. The molecule has 2 fully saturated rings. The fraction of sp³-hybridized carbons (Fsp3) is 0.290. The second kappa shape index (κ2) is 10.5. The molecule has 1 aliphatic carbocycles. The van der Waals surface area contributed by atoms with Gasteiger partial charge in [-0.3, -0.25) is 4.98 Å². The van der Waals surface area contributed by atoms with E-state index in [1.54, 1.807) is 0 Å². The number of pyridine rings is 1. The molecule has 1 saturated carbocycles. The Morgan fingerprint density at radius 2 is 1.71 bits per heavy atom. The third kappa shape index (κ3) is 4.63. The minimum Gasteiger partial charge on any atom is -0.490 e. The fourth-order valence-corrected chi connectivity index (χ4v) is 6.73. The lowest BCUT2D eigenvalue weighted by molar-refractivity contribution is 0.210. The molecule has 0 amide bonds. The van der Waals surface area contributed by atoms with Gasteiger partial charge in [-0.1, -0.05) is 18.2 Å². The van der Waals surface area contributed by atoms with Gasteiger partial charge in [0.15, 0.2) is 5.11 Å². The van der Waals surface area contributed by atoms with Crippen LogP contribution in [0.2, 0.25) is 0 Å². The molecule has 0 bridgehead atoms. The molecule has 3 heterocycles. The largest absolute Gasteiger partial charge is 0.490 e. The van der Waals surface area contributed by atoms with Crippen molar-refractivity contribution >= 4 is 38.9 Å². The number of rotatable bonds is 6. The number of nitrogens with one attached hydrogen (secondary N) is 1. The molecule has 0 spiro atoms. The number of aromatic nitrogens is 2. The van der Waals surface area contributed by atoms with Gasteiger partial charge < -0.3 is 19.5 Å². The smallest absolute Gasteiger partial charge is 0.174 e. The van der Waals surface area contributed by atoms with Gasteiger partial charge in [-0.25, -0.2) is 0 Å². The summed E-state index contributed by atoms with van der Waals surface area (Å²) in [4.78, 5) is 6.95. The summed E-state index contributed by atoms with van der Waals surface area (Å²) in [6.07, 6.45) is 6.97. The third-order valence-corrected chi connectivity index (χ3v) is 8.69. The summed E-state index contributed by atoms with van der Waals surface area (Å²) < 4.78 is 9.61. The number of anilines is 1. The molecule has 2 aliphatic rings. The zero-order chi connectivity index (χ0) is 26.2. The van der Waals surface area contributed by atoms with Gasteiger partial charge in [0.25, 0.3) is 0 Å². The highest BCUT2D eigenvalue weighted by Crippen LogP contribution is 2.44. The molecule has 1 N–H and O–H groups in total. The van der Waals surface area contributed by atoms with Crippen LogP contribution in [0.1, 0.15) is 60.4 Å². The molecule has 6 rings (SSSR count). The van der Waals surface area contributed by atoms with Gasteiger partial charge in [-0.05, 0) is 128 Å². The van der Waals surface area contributed by atoms with Crippen molar-refractivity contribution in [1.82, 2.24) is 14.9 Å². The van der Waals surface area contributed by atoms with Crippen molar-refractivity contribution in [3.8, 4) is 11.4 Å². The van der Waals surface area contributed by atoms with Crippen molar-refractivity contribution in [2.24, 2.45) is 0 Å².